The summed E-state index contributed by atoms with van der Waals surface area (Å²) in [5.41, 5.74) is 0.269. The zero-order valence-corrected chi connectivity index (χ0v) is 18.3. The Morgan fingerprint density at radius 2 is 1.03 bits per heavy atom. The third-order valence-electron chi connectivity index (χ3n) is 5.94. The van der Waals surface area contributed by atoms with Crippen LogP contribution >= 0.6 is 0 Å². The summed E-state index contributed by atoms with van der Waals surface area (Å²) in [6, 6.07) is 34.5. The quantitative estimate of drug-likeness (QED) is 0.349. The van der Waals surface area contributed by atoms with Gasteiger partial charge in [-0.15, -0.1) is 0 Å². The molecule has 0 aliphatic carbocycles. The van der Waals surface area contributed by atoms with Gasteiger partial charge in [0.15, 0.2) is 0 Å². The van der Waals surface area contributed by atoms with Crippen molar-refractivity contribution in [3.05, 3.63) is 120 Å². The van der Waals surface area contributed by atoms with Gasteiger partial charge in [-0.3, -0.25) is 0 Å². The van der Waals surface area contributed by atoms with E-state index in [2.05, 4.69) is 0 Å². The Morgan fingerprint density at radius 3 is 1.42 bits per heavy atom. The van der Waals surface area contributed by atoms with Crippen LogP contribution in [0, 0.1) is 0 Å². The molecule has 0 aromatic heterocycles. The lowest BCUT2D eigenvalue weighted by Crippen LogP contribution is -2.40. The summed E-state index contributed by atoms with van der Waals surface area (Å²) in [6.45, 7) is 0.650. The second kappa shape index (κ2) is 9.49. The zero-order chi connectivity index (χ0) is 22.5. The minimum atomic E-state index is -1.27. The minimum Gasteiger partial charge on any atom is -0.457 e. The molecule has 0 amide bonds. The van der Waals surface area contributed by atoms with Crippen molar-refractivity contribution >= 4 is 0 Å². The van der Waals surface area contributed by atoms with Crippen LogP contribution in [0.15, 0.2) is 109 Å². The Kier molecular flexibility index (Phi) is 6.11. The zero-order valence-electron chi connectivity index (χ0n) is 18.3. The van der Waals surface area contributed by atoms with Gasteiger partial charge < -0.3 is 19.3 Å². The molecular weight excluding hydrogens is 412 g/mol. The molecule has 1 aliphatic rings. The number of hydrogen-bond acceptors (Lipinski definition) is 4. The Bertz CT molecular complexity index is 1060. The van der Waals surface area contributed by atoms with Crippen LogP contribution in [-0.2, 0) is 10.3 Å². The second-order valence-electron chi connectivity index (χ2n) is 8.15. The molecule has 0 radical (unpaired) electrons. The lowest BCUT2D eigenvalue weighted by atomic mass is 9.80. The van der Waals surface area contributed by atoms with E-state index >= 15 is 0 Å². The second-order valence-corrected chi connectivity index (χ2v) is 8.15. The molecule has 5 rings (SSSR count). The van der Waals surface area contributed by atoms with Gasteiger partial charge >= 0.3 is 0 Å². The SMILES string of the molecule is OC(c1ccc(Oc2ccccc2)cc1)(c1ccc(Oc2ccccc2)cc1)C1CCCO1. The van der Waals surface area contributed by atoms with Crippen LogP contribution in [-0.4, -0.2) is 17.8 Å². The van der Waals surface area contributed by atoms with E-state index in [-0.39, 0.29) is 6.10 Å². The summed E-state index contributed by atoms with van der Waals surface area (Å²) < 4.78 is 17.8. The average molecular weight is 439 g/mol. The predicted octanol–water partition coefficient (Wildman–Crippen LogP) is 6.69. The first-order valence-electron chi connectivity index (χ1n) is 11.2. The van der Waals surface area contributed by atoms with Crippen molar-refractivity contribution in [2.75, 3.05) is 6.61 Å². The van der Waals surface area contributed by atoms with Crippen LogP contribution in [0.5, 0.6) is 23.0 Å². The van der Waals surface area contributed by atoms with Crippen LogP contribution < -0.4 is 9.47 Å². The maximum atomic E-state index is 12.0. The summed E-state index contributed by atoms with van der Waals surface area (Å²) in [4.78, 5) is 0. The molecule has 1 saturated heterocycles. The Labute approximate surface area is 194 Å². The molecule has 1 heterocycles. The fourth-order valence-corrected chi connectivity index (χ4v) is 4.25. The first-order valence-corrected chi connectivity index (χ1v) is 11.2. The predicted molar refractivity (Wildman–Crippen MR) is 128 cm³/mol. The molecule has 1 N–H and O–H groups in total. The average Bonchev–Trinajstić information content (AvgIpc) is 3.42. The number of para-hydroxylation sites is 2. The van der Waals surface area contributed by atoms with E-state index in [0.29, 0.717) is 18.1 Å². The molecule has 166 valence electrons. The fourth-order valence-electron chi connectivity index (χ4n) is 4.25. The van der Waals surface area contributed by atoms with Crippen molar-refractivity contribution < 1.29 is 19.3 Å². The van der Waals surface area contributed by atoms with Crippen LogP contribution in [0.1, 0.15) is 24.0 Å². The van der Waals surface area contributed by atoms with E-state index < -0.39 is 5.60 Å². The molecule has 33 heavy (non-hydrogen) atoms. The summed E-state index contributed by atoms with van der Waals surface area (Å²) in [6.07, 6.45) is 1.40. The first kappa shape index (κ1) is 21.3. The number of benzene rings is 4. The number of hydrogen-bond donors (Lipinski definition) is 1. The van der Waals surface area contributed by atoms with E-state index in [1.54, 1.807) is 0 Å². The molecule has 1 aliphatic heterocycles. The van der Waals surface area contributed by atoms with Gasteiger partial charge in [0, 0.05) is 6.61 Å². The first-order chi connectivity index (χ1) is 16.2. The maximum absolute atomic E-state index is 12.0. The van der Waals surface area contributed by atoms with Crippen molar-refractivity contribution in [1.29, 1.82) is 0 Å². The third kappa shape index (κ3) is 4.63. The maximum Gasteiger partial charge on any atom is 0.141 e. The smallest absolute Gasteiger partial charge is 0.141 e. The molecule has 0 saturated carbocycles. The molecule has 0 bridgehead atoms. The highest BCUT2D eigenvalue weighted by Crippen LogP contribution is 2.40. The van der Waals surface area contributed by atoms with Gasteiger partial charge in [-0.2, -0.15) is 0 Å². The Balaban J connectivity index is 1.42. The number of rotatable bonds is 7. The summed E-state index contributed by atoms with van der Waals surface area (Å²) in [5, 5.41) is 12.0. The molecule has 4 aromatic rings. The van der Waals surface area contributed by atoms with Crippen LogP contribution in [0.25, 0.3) is 0 Å². The van der Waals surface area contributed by atoms with E-state index in [1.165, 1.54) is 0 Å². The van der Waals surface area contributed by atoms with Gasteiger partial charge in [0.05, 0.1) is 6.10 Å². The normalized spacial score (nSPS) is 15.8. The molecule has 4 heteroatoms. The van der Waals surface area contributed by atoms with E-state index in [0.717, 1.165) is 35.5 Å². The van der Waals surface area contributed by atoms with Crippen LogP contribution in [0.4, 0.5) is 0 Å². The van der Waals surface area contributed by atoms with Crippen molar-refractivity contribution in [2.24, 2.45) is 0 Å². The topological polar surface area (TPSA) is 47.9 Å². The highest BCUT2D eigenvalue weighted by atomic mass is 16.5. The van der Waals surface area contributed by atoms with Crippen molar-refractivity contribution in [3.63, 3.8) is 0 Å². The third-order valence-corrected chi connectivity index (χ3v) is 5.94. The fraction of sp³-hybridized carbons (Fsp3) is 0.172. The van der Waals surface area contributed by atoms with E-state index in [1.807, 2.05) is 109 Å². The molecular formula is C29H26O4. The lowest BCUT2D eigenvalue weighted by molar-refractivity contribution is -0.0620. The molecule has 1 atom stereocenters. The van der Waals surface area contributed by atoms with Gasteiger partial charge in [-0.25, -0.2) is 0 Å². The van der Waals surface area contributed by atoms with Gasteiger partial charge in [0.2, 0.25) is 0 Å². The molecule has 0 spiro atoms. The minimum absolute atomic E-state index is 0.320. The molecule has 1 unspecified atom stereocenters. The van der Waals surface area contributed by atoms with Crippen LogP contribution in [0.2, 0.25) is 0 Å². The van der Waals surface area contributed by atoms with E-state index in [9.17, 15) is 5.11 Å². The van der Waals surface area contributed by atoms with Gasteiger partial charge in [-0.1, -0.05) is 60.7 Å². The van der Waals surface area contributed by atoms with Crippen molar-refractivity contribution in [1.82, 2.24) is 0 Å². The molecule has 4 aromatic carbocycles. The summed E-state index contributed by atoms with van der Waals surface area (Å²) >= 11 is 0. The highest BCUT2D eigenvalue weighted by molar-refractivity contribution is 5.44. The summed E-state index contributed by atoms with van der Waals surface area (Å²) in [7, 11) is 0. The van der Waals surface area contributed by atoms with Crippen molar-refractivity contribution in [2.45, 2.75) is 24.5 Å². The van der Waals surface area contributed by atoms with Crippen LogP contribution in [0.3, 0.4) is 0 Å². The monoisotopic (exact) mass is 438 g/mol. The Morgan fingerprint density at radius 1 is 0.606 bits per heavy atom. The van der Waals surface area contributed by atoms with Gasteiger partial charge in [-0.05, 0) is 72.5 Å². The number of aliphatic hydroxyl groups is 1. The van der Waals surface area contributed by atoms with Gasteiger partial charge in [0.25, 0.3) is 0 Å². The lowest BCUT2D eigenvalue weighted by Gasteiger charge is -2.34. The number of ether oxygens (including phenoxy) is 3. The summed E-state index contributed by atoms with van der Waals surface area (Å²) in [5.74, 6) is 2.97. The highest BCUT2D eigenvalue weighted by Gasteiger charge is 2.42. The molecule has 1 fully saturated rings. The Hall–Kier alpha value is -3.60. The van der Waals surface area contributed by atoms with E-state index in [4.69, 9.17) is 14.2 Å². The van der Waals surface area contributed by atoms with Gasteiger partial charge in [0.1, 0.15) is 28.6 Å². The standard InChI is InChI=1S/C29H26O4/c30-29(28-12-7-21-31-28,22-13-17-26(18-14-22)32-24-8-3-1-4-9-24)23-15-19-27(20-16-23)33-25-10-5-2-6-11-25/h1-6,8-11,13-20,28,30H,7,12,21H2. The largest absolute Gasteiger partial charge is 0.457 e. The van der Waals surface area contributed by atoms with Crippen molar-refractivity contribution in [3.8, 4) is 23.0 Å². The molecule has 4 nitrogen and oxygen atoms in total.